The molecular weight excluding hydrogens is 243 g/mol. The fraction of sp³-hybridized carbons (Fsp3) is 0.133. The van der Waals surface area contributed by atoms with Crippen LogP contribution in [-0.2, 0) is 6.54 Å². The highest BCUT2D eigenvalue weighted by molar-refractivity contribution is 5.93. The summed E-state index contributed by atoms with van der Waals surface area (Å²) in [6.45, 7) is 1.39. The number of carbonyl (C=O) groups is 1. The van der Waals surface area contributed by atoms with Crippen LogP contribution in [0.2, 0.25) is 0 Å². The zero-order chi connectivity index (χ0) is 13.2. The van der Waals surface area contributed by atoms with Crippen LogP contribution in [0, 0.1) is 17.7 Å². The summed E-state index contributed by atoms with van der Waals surface area (Å²) in [5.41, 5.74) is 2.00. The van der Waals surface area contributed by atoms with Crippen molar-refractivity contribution in [2.75, 3.05) is 6.54 Å². The molecule has 94 valence electrons. The Balaban J connectivity index is 1.91. The first kappa shape index (κ1) is 11.5. The van der Waals surface area contributed by atoms with Gasteiger partial charge in [-0.05, 0) is 24.3 Å². The first-order valence-electron chi connectivity index (χ1n) is 5.98. The minimum atomic E-state index is -0.303. The second-order valence-corrected chi connectivity index (χ2v) is 4.32. The highest BCUT2D eigenvalue weighted by Crippen LogP contribution is 2.11. The maximum absolute atomic E-state index is 13.0. The lowest BCUT2D eigenvalue weighted by Gasteiger charge is -2.14. The Morgan fingerprint density at radius 3 is 2.84 bits per heavy atom. The molecule has 3 nitrogen and oxygen atoms in total. The molecule has 0 saturated heterocycles. The first-order valence-corrected chi connectivity index (χ1v) is 5.98. The minimum Gasteiger partial charge on any atom is -0.349 e. The molecule has 1 aliphatic heterocycles. The smallest absolute Gasteiger partial charge is 0.268 e. The largest absolute Gasteiger partial charge is 0.349 e. The van der Waals surface area contributed by atoms with Gasteiger partial charge in [-0.1, -0.05) is 17.9 Å². The summed E-state index contributed by atoms with van der Waals surface area (Å²) in [4.78, 5) is 11.6. The second-order valence-electron chi connectivity index (χ2n) is 4.32. The van der Waals surface area contributed by atoms with Gasteiger partial charge in [0.05, 0.1) is 0 Å². The average Bonchev–Trinajstić information content (AvgIpc) is 2.81. The van der Waals surface area contributed by atoms with E-state index in [0.29, 0.717) is 17.8 Å². The summed E-state index contributed by atoms with van der Waals surface area (Å²) in [7, 11) is 0. The molecule has 0 radical (unpaired) electrons. The van der Waals surface area contributed by atoms with Crippen molar-refractivity contribution in [3.05, 3.63) is 59.2 Å². The Hall–Kier alpha value is -2.54. The van der Waals surface area contributed by atoms with Gasteiger partial charge in [0.2, 0.25) is 0 Å². The number of rotatable bonds is 0. The van der Waals surface area contributed by atoms with Gasteiger partial charge in [0.25, 0.3) is 5.91 Å². The molecule has 1 N–H and O–H groups in total. The third-order valence-electron chi connectivity index (χ3n) is 2.94. The van der Waals surface area contributed by atoms with Crippen molar-refractivity contribution < 1.29 is 9.18 Å². The van der Waals surface area contributed by atoms with E-state index in [-0.39, 0.29) is 11.7 Å². The highest BCUT2D eigenvalue weighted by atomic mass is 19.1. The van der Waals surface area contributed by atoms with Crippen LogP contribution in [0.1, 0.15) is 21.6 Å². The Labute approximate surface area is 110 Å². The van der Waals surface area contributed by atoms with E-state index in [0.717, 1.165) is 12.1 Å². The van der Waals surface area contributed by atoms with Gasteiger partial charge in [-0.25, -0.2) is 4.39 Å². The van der Waals surface area contributed by atoms with Crippen LogP contribution >= 0.6 is 0 Å². The van der Waals surface area contributed by atoms with Crippen molar-refractivity contribution in [2.24, 2.45) is 0 Å². The van der Waals surface area contributed by atoms with Gasteiger partial charge >= 0.3 is 0 Å². The van der Waals surface area contributed by atoms with Crippen molar-refractivity contribution in [1.29, 1.82) is 0 Å². The van der Waals surface area contributed by atoms with E-state index in [9.17, 15) is 9.18 Å². The van der Waals surface area contributed by atoms with Gasteiger partial charge in [0.15, 0.2) is 0 Å². The van der Waals surface area contributed by atoms with E-state index in [4.69, 9.17) is 0 Å². The van der Waals surface area contributed by atoms with Gasteiger partial charge in [-0.15, -0.1) is 0 Å². The molecule has 0 spiro atoms. The molecule has 0 fully saturated rings. The van der Waals surface area contributed by atoms with Gasteiger partial charge < -0.3 is 9.88 Å². The Morgan fingerprint density at radius 1 is 1.21 bits per heavy atom. The molecule has 19 heavy (non-hydrogen) atoms. The van der Waals surface area contributed by atoms with Gasteiger partial charge in [0, 0.05) is 30.4 Å². The highest BCUT2D eigenvalue weighted by Gasteiger charge is 2.16. The molecule has 1 amide bonds. The van der Waals surface area contributed by atoms with Gasteiger partial charge in [-0.3, -0.25) is 4.79 Å². The fourth-order valence-electron chi connectivity index (χ4n) is 2.05. The molecular formula is C15H11FN2O. The van der Waals surface area contributed by atoms with Crippen LogP contribution in [0.25, 0.3) is 0 Å². The predicted octanol–water partition coefficient (Wildman–Crippen LogP) is 1.77. The summed E-state index contributed by atoms with van der Waals surface area (Å²) in [5, 5.41) is 2.78. The minimum absolute atomic E-state index is 0.0787. The number of carbonyl (C=O) groups excluding carboxylic acids is 1. The van der Waals surface area contributed by atoms with Crippen LogP contribution in [0.5, 0.6) is 0 Å². The molecule has 3 rings (SSSR count). The Kier molecular flexibility index (Phi) is 2.81. The van der Waals surface area contributed by atoms with E-state index >= 15 is 0 Å². The van der Waals surface area contributed by atoms with Crippen LogP contribution in [0.4, 0.5) is 4.39 Å². The van der Waals surface area contributed by atoms with Crippen molar-refractivity contribution in [1.82, 2.24) is 9.88 Å². The van der Waals surface area contributed by atoms with Crippen molar-refractivity contribution in [3.8, 4) is 11.8 Å². The molecule has 1 aromatic carbocycles. The number of amides is 1. The fourth-order valence-corrected chi connectivity index (χ4v) is 2.05. The second kappa shape index (κ2) is 4.62. The normalized spacial score (nSPS) is 13.2. The average molecular weight is 254 g/mol. The standard InChI is InChI=1S/C15H11FN2O/c16-13-3-1-2-11(8-13)4-5-12-9-14-15(19)17-6-7-18(14)10-12/h1-3,8-10H,6-7H2,(H,17,19). The summed E-state index contributed by atoms with van der Waals surface area (Å²) in [6, 6.07) is 7.89. The molecule has 0 saturated carbocycles. The van der Waals surface area contributed by atoms with Crippen molar-refractivity contribution in [2.45, 2.75) is 6.54 Å². The molecule has 1 aromatic heterocycles. The lowest BCUT2D eigenvalue weighted by Crippen LogP contribution is -2.34. The monoisotopic (exact) mass is 254 g/mol. The first-order chi connectivity index (χ1) is 9.22. The number of aromatic nitrogens is 1. The predicted molar refractivity (Wildman–Crippen MR) is 69.1 cm³/mol. The van der Waals surface area contributed by atoms with Crippen LogP contribution < -0.4 is 5.32 Å². The number of nitrogens with one attached hydrogen (secondary N) is 1. The van der Waals surface area contributed by atoms with E-state index in [2.05, 4.69) is 17.2 Å². The summed E-state index contributed by atoms with van der Waals surface area (Å²) in [5.74, 6) is 5.46. The zero-order valence-corrected chi connectivity index (χ0v) is 10.1. The van der Waals surface area contributed by atoms with Crippen molar-refractivity contribution >= 4 is 5.91 Å². The third kappa shape index (κ3) is 2.36. The molecule has 1 aliphatic rings. The molecule has 4 heteroatoms. The number of halogens is 1. The van der Waals surface area contributed by atoms with E-state index in [1.807, 2.05) is 10.8 Å². The summed E-state index contributed by atoms with van der Waals surface area (Å²) >= 11 is 0. The topological polar surface area (TPSA) is 34.0 Å². The Bertz CT molecular complexity index is 706. The SMILES string of the molecule is O=C1NCCn2cc(C#Cc3cccc(F)c3)cc21. The summed E-state index contributed by atoms with van der Waals surface area (Å²) in [6.07, 6.45) is 1.85. The number of nitrogens with zero attached hydrogens (tertiary/aromatic N) is 1. The molecule has 0 unspecified atom stereocenters. The number of fused-ring (bicyclic) bond motifs is 1. The van der Waals surface area contributed by atoms with Gasteiger partial charge in [0.1, 0.15) is 11.5 Å². The van der Waals surface area contributed by atoms with E-state index in [1.54, 1.807) is 18.2 Å². The molecule has 2 aromatic rings. The third-order valence-corrected chi connectivity index (χ3v) is 2.94. The van der Waals surface area contributed by atoms with E-state index in [1.165, 1.54) is 12.1 Å². The quantitative estimate of drug-likeness (QED) is 0.714. The van der Waals surface area contributed by atoms with Crippen LogP contribution in [-0.4, -0.2) is 17.0 Å². The number of hydrogen-bond donors (Lipinski definition) is 1. The van der Waals surface area contributed by atoms with E-state index < -0.39 is 0 Å². The van der Waals surface area contributed by atoms with Gasteiger partial charge in [-0.2, -0.15) is 0 Å². The van der Waals surface area contributed by atoms with Crippen molar-refractivity contribution in [3.63, 3.8) is 0 Å². The number of hydrogen-bond acceptors (Lipinski definition) is 1. The zero-order valence-electron chi connectivity index (χ0n) is 10.1. The van der Waals surface area contributed by atoms with Crippen LogP contribution in [0.3, 0.4) is 0 Å². The Morgan fingerprint density at radius 2 is 2.05 bits per heavy atom. The lowest BCUT2D eigenvalue weighted by molar-refractivity contribution is 0.0928. The summed E-state index contributed by atoms with van der Waals surface area (Å²) < 4.78 is 14.9. The lowest BCUT2D eigenvalue weighted by atomic mass is 10.2. The molecule has 0 aliphatic carbocycles. The maximum Gasteiger partial charge on any atom is 0.268 e. The maximum atomic E-state index is 13.0. The molecule has 0 atom stereocenters. The number of benzene rings is 1. The molecule has 2 heterocycles. The molecule has 0 bridgehead atoms. The van der Waals surface area contributed by atoms with Crippen LogP contribution in [0.15, 0.2) is 36.5 Å².